The topological polar surface area (TPSA) is 80.3 Å². The molecule has 1 atom stereocenters. The van der Waals surface area contributed by atoms with E-state index < -0.39 is 41.4 Å². The number of fused-ring (bicyclic) bond motifs is 1. The summed E-state index contributed by atoms with van der Waals surface area (Å²) in [5, 5.41) is 0. The van der Waals surface area contributed by atoms with E-state index in [0.717, 1.165) is 4.57 Å². The predicted octanol–water partition coefficient (Wildman–Crippen LogP) is 3.75. The average molecular weight is 526 g/mol. The monoisotopic (exact) mass is 526 g/mol. The minimum Gasteiger partial charge on any atom is -0.363 e. The number of amides is 1. The molecule has 0 saturated carbocycles. The standard InChI is InChI=1S/C24H24F6N6O/c1-34(2)20-4-3-13(11-32-20)22-19-12-35(5-6-36(19)23(33-22)24(28,29)30)21(37)9-15(31)7-14-8-17(26)18(27)10-16(14)25/h3-4,8,10-11,15H,5-7,9,12,31H2,1-2H3/t15-/m1/s1. The number of aromatic nitrogens is 3. The second kappa shape index (κ2) is 10.0. The van der Waals surface area contributed by atoms with Gasteiger partial charge in [0, 0.05) is 57.5 Å². The van der Waals surface area contributed by atoms with E-state index in [1.165, 1.54) is 11.1 Å². The number of nitrogens with zero attached hydrogens (tertiary/aromatic N) is 5. The van der Waals surface area contributed by atoms with Crippen LogP contribution in [0.2, 0.25) is 0 Å². The van der Waals surface area contributed by atoms with Crippen molar-refractivity contribution < 1.29 is 31.1 Å². The molecule has 0 spiro atoms. The first kappa shape index (κ1) is 26.5. The minimum absolute atomic E-state index is 0.0191. The van der Waals surface area contributed by atoms with Gasteiger partial charge in [-0.25, -0.2) is 23.1 Å². The number of nitrogens with two attached hydrogens (primary N) is 1. The van der Waals surface area contributed by atoms with Crippen LogP contribution in [-0.2, 0) is 30.5 Å². The number of rotatable bonds is 6. The largest absolute Gasteiger partial charge is 0.449 e. The number of hydrogen-bond donors (Lipinski definition) is 1. The lowest BCUT2D eigenvalue weighted by molar-refractivity contribution is -0.148. The average Bonchev–Trinajstić information content (AvgIpc) is 3.22. The van der Waals surface area contributed by atoms with Crippen LogP contribution in [0.25, 0.3) is 11.3 Å². The smallest absolute Gasteiger partial charge is 0.363 e. The number of carbonyl (C=O) groups is 1. The van der Waals surface area contributed by atoms with Crippen molar-refractivity contribution in [2.75, 3.05) is 25.5 Å². The normalized spacial score (nSPS) is 14.5. The van der Waals surface area contributed by atoms with E-state index in [9.17, 15) is 31.1 Å². The number of benzene rings is 1. The summed E-state index contributed by atoms with van der Waals surface area (Å²) in [6, 6.07) is 3.43. The maximum atomic E-state index is 14.0. The minimum atomic E-state index is -4.70. The molecule has 2 N–H and O–H groups in total. The molecule has 0 radical (unpaired) electrons. The highest BCUT2D eigenvalue weighted by molar-refractivity contribution is 5.77. The Labute approximate surface area is 208 Å². The fraction of sp³-hybridized carbons (Fsp3) is 0.375. The number of pyridine rings is 1. The van der Waals surface area contributed by atoms with Gasteiger partial charge in [-0.1, -0.05) is 0 Å². The molecule has 1 aromatic carbocycles. The lowest BCUT2D eigenvalue weighted by atomic mass is 10.0. The molecular weight excluding hydrogens is 502 g/mol. The van der Waals surface area contributed by atoms with E-state index in [1.54, 1.807) is 31.1 Å². The highest BCUT2D eigenvalue weighted by Gasteiger charge is 2.41. The zero-order valence-corrected chi connectivity index (χ0v) is 20.0. The number of halogens is 6. The molecule has 0 saturated heterocycles. The Morgan fingerprint density at radius 3 is 2.43 bits per heavy atom. The summed E-state index contributed by atoms with van der Waals surface area (Å²) in [7, 11) is 3.55. The number of anilines is 1. The fourth-order valence-electron chi connectivity index (χ4n) is 4.25. The Hall–Kier alpha value is -3.61. The maximum absolute atomic E-state index is 14.0. The fourth-order valence-corrected chi connectivity index (χ4v) is 4.25. The van der Waals surface area contributed by atoms with Gasteiger partial charge in [0.1, 0.15) is 11.6 Å². The SMILES string of the molecule is CN(C)c1ccc(-c2nc(C(F)(F)F)n3c2CN(C(=O)C[C@H](N)Cc2cc(F)c(F)cc2F)CC3)cn1. The van der Waals surface area contributed by atoms with Crippen molar-refractivity contribution in [1.29, 1.82) is 0 Å². The molecule has 1 aliphatic rings. The number of carbonyl (C=O) groups excluding carboxylic acids is 1. The highest BCUT2D eigenvalue weighted by atomic mass is 19.4. The van der Waals surface area contributed by atoms with E-state index in [4.69, 9.17) is 5.73 Å². The summed E-state index contributed by atoms with van der Waals surface area (Å²) < 4.78 is 82.8. The van der Waals surface area contributed by atoms with Crippen molar-refractivity contribution in [2.24, 2.45) is 5.73 Å². The van der Waals surface area contributed by atoms with Gasteiger partial charge in [0.2, 0.25) is 11.7 Å². The molecule has 1 amide bonds. The Balaban J connectivity index is 1.55. The highest BCUT2D eigenvalue weighted by Crippen LogP contribution is 2.36. The number of hydrogen-bond acceptors (Lipinski definition) is 5. The first-order chi connectivity index (χ1) is 17.3. The van der Waals surface area contributed by atoms with Crippen LogP contribution in [0.4, 0.5) is 32.2 Å². The van der Waals surface area contributed by atoms with Gasteiger partial charge in [-0.15, -0.1) is 0 Å². The second-order valence-corrected chi connectivity index (χ2v) is 9.02. The summed E-state index contributed by atoms with van der Waals surface area (Å²) in [5.41, 5.74) is 6.43. The van der Waals surface area contributed by atoms with Crippen LogP contribution < -0.4 is 10.6 Å². The van der Waals surface area contributed by atoms with E-state index in [1.807, 2.05) is 0 Å². The third-order valence-electron chi connectivity index (χ3n) is 6.10. The van der Waals surface area contributed by atoms with Crippen LogP contribution in [0.1, 0.15) is 23.5 Å². The van der Waals surface area contributed by atoms with Gasteiger partial charge in [0.15, 0.2) is 11.6 Å². The molecule has 0 aliphatic carbocycles. The lowest BCUT2D eigenvalue weighted by Gasteiger charge is -2.30. The van der Waals surface area contributed by atoms with Crippen LogP contribution in [0.3, 0.4) is 0 Å². The molecule has 3 aromatic rings. The number of imidazole rings is 1. The van der Waals surface area contributed by atoms with Crippen LogP contribution in [0.5, 0.6) is 0 Å². The van der Waals surface area contributed by atoms with E-state index in [-0.39, 0.29) is 49.4 Å². The van der Waals surface area contributed by atoms with Crippen molar-refractivity contribution in [2.45, 2.75) is 38.1 Å². The van der Waals surface area contributed by atoms with E-state index in [2.05, 4.69) is 9.97 Å². The van der Waals surface area contributed by atoms with Crippen LogP contribution in [0.15, 0.2) is 30.5 Å². The maximum Gasteiger partial charge on any atom is 0.449 e. The van der Waals surface area contributed by atoms with Crippen molar-refractivity contribution in [3.8, 4) is 11.3 Å². The molecule has 0 fully saturated rings. The van der Waals surface area contributed by atoms with Gasteiger partial charge in [0.05, 0.1) is 17.9 Å². The second-order valence-electron chi connectivity index (χ2n) is 9.02. The molecule has 1 aliphatic heterocycles. The van der Waals surface area contributed by atoms with E-state index >= 15 is 0 Å². The van der Waals surface area contributed by atoms with Crippen molar-refractivity contribution in [1.82, 2.24) is 19.4 Å². The van der Waals surface area contributed by atoms with Crippen molar-refractivity contribution in [3.63, 3.8) is 0 Å². The van der Waals surface area contributed by atoms with Gasteiger partial charge in [-0.2, -0.15) is 13.2 Å². The molecular formula is C24H24F6N6O. The Morgan fingerprint density at radius 1 is 1.11 bits per heavy atom. The predicted molar refractivity (Wildman–Crippen MR) is 123 cm³/mol. The Kier molecular flexibility index (Phi) is 7.18. The van der Waals surface area contributed by atoms with Crippen LogP contribution in [0, 0.1) is 17.5 Å². The molecule has 3 heterocycles. The zero-order chi connectivity index (χ0) is 27.1. The van der Waals surface area contributed by atoms with Gasteiger partial charge in [-0.3, -0.25) is 4.79 Å². The molecule has 13 heteroatoms. The molecule has 0 bridgehead atoms. The lowest BCUT2D eigenvalue weighted by Crippen LogP contribution is -2.42. The zero-order valence-electron chi connectivity index (χ0n) is 20.0. The summed E-state index contributed by atoms with van der Waals surface area (Å²) >= 11 is 0. The van der Waals surface area contributed by atoms with Crippen LogP contribution >= 0.6 is 0 Å². The Bertz CT molecular complexity index is 1300. The van der Waals surface area contributed by atoms with Gasteiger partial charge >= 0.3 is 6.18 Å². The summed E-state index contributed by atoms with van der Waals surface area (Å²) in [5.74, 6) is -4.48. The van der Waals surface area contributed by atoms with Gasteiger partial charge in [0.25, 0.3) is 0 Å². The Morgan fingerprint density at radius 2 is 1.81 bits per heavy atom. The van der Waals surface area contributed by atoms with Crippen molar-refractivity contribution >= 4 is 11.7 Å². The molecule has 2 aromatic heterocycles. The molecule has 0 unspecified atom stereocenters. The first-order valence-corrected chi connectivity index (χ1v) is 11.3. The molecule has 198 valence electrons. The van der Waals surface area contributed by atoms with E-state index in [0.29, 0.717) is 23.5 Å². The quantitative estimate of drug-likeness (QED) is 0.391. The number of alkyl halides is 3. The third kappa shape index (κ3) is 5.55. The van der Waals surface area contributed by atoms with Gasteiger partial charge < -0.3 is 20.1 Å². The van der Waals surface area contributed by atoms with Crippen molar-refractivity contribution in [3.05, 3.63) is 65.0 Å². The summed E-state index contributed by atoms with van der Waals surface area (Å²) in [4.78, 5) is 24.1. The van der Waals surface area contributed by atoms with Crippen LogP contribution in [-0.4, -0.2) is 52.0 Å². The molecule has 4 rings (SSSR count). The summed E-state index contributed by atoms with van der Waals surface area (Å²) in [6.45, 7) is -0.313. The molecule has 7 nitrogen and oxygen atoms in total. The summed E-state index contributed by atoms with van der Waals surface area (Å²) in [6.07, 6.45) is -3.78. The third-order valence-corrected chi connectivity index (χ3v) is 6.10. The first-order valence-electron chi connectivity index (χ1n) is 11.3. The van der Waals surface area contributed by atoms with Gasteiger partial charge in [-0.05, 0) is 30.2 Å². The molecule has 37 heavy (non-hydrogen) atoms.